The summed E-state index contributed by atoms with van der Waals surface area (Å²) >= 11 is 1.50. The topological polar surface area (TPSA) is 78.5 Å². The lowest BCUT2D eigenvalue weighted by atomic mass is 10.0. The van der Waals surface area contributed by atoms with Crippen LogP contribution >= 0.6 is 11.3 Å². The van der Waals surface area contributed by atoms with Crippen molar-refractivity contribution in [3.8, 4) is 0 Å². The van der Waals surface area contributed by atoms with Gasteiger partial charge in [-0.3, -0.25) is 14.4 Å². The average molecular weight is 361 g/mol. The first-order valence-corrected chi connectivity index (χ1v) is 9.83. The Morgan fingerprint density at radius 2 is 1.96 bits per heavy atom. The van der Waals surface area contributed by atoms with E-state index in [9.17, 15) is 14.4 Å². The largest absolute Gasteiger partial charge is 0.352 e. The summed E-state index contributed by atoms with van der Waals surface area (Å²) in [4.78, 5) is 39.7. The molecular formula is C18H23N3O3S. The number of hydrogen-bond donors (Lipinski definition) is 2. The van der Waals surface area contributed by atoms with Crippen LogP contribution in [-0.2, 0) is 22.6 Å². The Morgan fingerprint density at radius 3 is 2.60 bits per heavy atom. The van der Waals surface area contributed by atoms with Gasteiger partial charge in [0.05, 0.1) is 5.56 Å². The third-order valence-electron chi connectivity index (χ3n) is 5.15. The molecule has 2 aliphatic carbocycles. The lowest BCUT2D eigenvalue weighted by molar-refractivity contribution is -0.129. The number of nitrogens with zero attached hydrogens (tertiary/aromatic N) is 1. The van der Waals surface area contributed by atoms with Gasteiger partial charge in [0.25, 0.3) is 5.91 Å². The van der Waals surface area contributed by atoms with Crippen molar-refractivity contribution in [3.05, 3.63) is 16.0 Å². The van der Waals surface area contributed by atoms with Crippen LogP contribution in [0, 0.1) is 11.8 Å². The lowest BCUT2D eigenvalue weighted by Gasteiger charge is -2.26. The fraction of sp³-hybridized carbons (Fsp3) is 0.611. The second-order valence-electron chi connectivity index (χ2n) is 7.32. The van der Waals surface area contributed by atoms with Crippen molar-refractivity contribution in [2.24, 2.45) is 11.8 Å². The van der Waals surface area contributed by atoms with E-state index >= 15 is 0 Å². The van der Waals surface area contributed by atoms with Crippen molar-refractivity contribution in [3.63, 3.8) is 0 Å². The summed E-state index contributed by atoms with van der Waals surface area (Å²) in [7, 11) is 0. The van der Waals surface area contributed by atoms with Gasteiger partial charge in [0.15, 0.2) is 0 Å². The zero-order valence-electron chi connectivity index (χ0n) is 14.4. The van der Waals surface area contributed by atoms with Crippen molar-refractivity contribution < 1.29 is 14.4 Å². The summed E-state index contributed by atoms with van der Waals surface area (Å²) in [6.45, 7) is 3.37. The summed E-state index contributed by atoms with van der Waals surface area (Å²) < 4.78 is 0. The van der Waals surface area contributed by atoms with Crippen LogP contribution in [0.25, 0.3) is 0 Å². The molecule has 0 radical (unpaired) electrons. The third-order valence-corrected chi connectivity index (χ3v) is 6.36. The quantitative estimate of drug-likeness (QED) is 0.843. The van der Waals surface area contributed by atoms with Gasteiger partial charge in [-0.15, -0.1) is 11.3 Å². The second kappa shape index (κ2) is 6.44. The van der Waals surface area contributed by atoms with Crippen LogP contribution in [0.4, 0.5) is 5.00 Å². The maximum absolute atomic E-state index is 12.8. The maximum Gasteiger partial charge on any atom is 0.254 e. The molecule has 2 saturated carbocycles. The lowest BCUT2D eigenvalue weighted by Crippen LogP contribution is -2.35. The van der Waals surface area contributed by atoms with Gasteiger partial charge in [-0.2, -0.15) is 0 Å². The molecule has 0 unspecified atom stereocenters. The number of hydrogen-bond acceptors (Lipinski definition) is 4. The Kier molecular flexibility index (Phi) is 4.27. The molecule has 1 aromatic heterocycles. The molecule has 3 aliphatic rings. The Bertz CT molecular complexity index is 734. The van der Waals surface area contributed by atoms with Gasteiger partial charge in [-0.1, -0.05) is 0 Å². The molecular weight excluding hydrogens is 338 g/mol. The fourth-order valence-electron chi connectivity index (χ4n) is 3.19. The highest BCUT2D eigenvalue weighted by Crippen LogP contribution is 2.39. The van der Waals surface area contributed by atoms with E-state index in [0.29, 0.717) is 36.1 Å². The molecule has 2 heterocycles. The molecule has 1 aromatic rings. The van der Waals surface area contributed by atoms with Crippen molar-refractivity contribution >= 4 is 34.1 Å². The molecule has 3 amide bonds. The number of carbonyl (C=O) groups is 3. The first kappa shape index (κ1) is 16.6. The molecule has 4 rings (SSSR count). The van der Waals surface area contributed by atoms with E-state index in [0.717, 1.165) is 29.7 Å². The summed E-state index contributed by atoms with van der Waals surface area (Å²) in [5.41, 5.74) is 1.48. The summed E-state index contributed by atoms with van der Waals surface area (Å²) in [5, 5.41) is 6.64. The first-order valence-electron chi connectivity index (χ1n) is 9.02. The number of anilines is 1. The number of amides is 3. The first-order chi connectivity index (χ1) is 12.0. The molecule has 2 N–H and O–H groups in total. The molecule has 2 fully saturated rings. The summed E-state index contributed by atoms with van der Waals surface area (Å²) in [6, 6.07) is 0. The molecule has 1 aliphatic heterocycles. The zero-order chi connectivity index (χ0) is 17.6. The van der Waals surface area contributed by atoms with Crippen LogP contribution < -0.4 is 10.6 Å². The zero-order valence-corrected chi connectivity index (χ0v) is 15.2. The van der Waals surface area contributed by atoms with Crippen LogP contribution in [0.5, 0.6) is 0 Å². The predicted octanol–water partition coefficient (Wildman–Crippen LogP) is 2.14. The number of thiophene rings is 1. The number of carbonyl (C=O) groups excluding carboxylic acids is 3. The molecule has 25 heavy (non-hydrogen) atoms. The molecule has 0 aromatic carbocycles. The van der Waals surface area contributed by atoms with E-state index in [1.165, 1.54) is 24.2 Å². The second-order valence-corrected chi connectivity index (χ2v) is 8.42. The van der Waals surface area contributed by atoms with Crippen LogP contribution in [0.1, 0.15) is 53.4 Å². The molecule has 0 atom stereocenters. The van der Waals surface area contributed by atoms with Crippen molar-refractivity contribution in [1.29, 1.82) is 0 Å². The smallest absolute Gasteiger partial charge is 0.254 e. The SMILES string of the molecule is CC(=O)N1CCc2sc(NC(=O)C3CC3)c(C(=O)NCC3CC3)c2C1. The van der Waals surface area contributed by atoms with Gasteiger partial charge in [-0.05, 0) is 38.0 Å². The van der Waals surface area contributed by atoms with E-state index in [4.69, 9.17) is 0 Å². The normalized spacial score (nSPS) is 19.3. The molecule has 134 valence electrons. The predicted molar refractivity (Wildman–Crippen MR) is 95.5 cm³/mol. The molecule has 0 spiro atoms. The van der Waals surface area contributed by atoms with E-state index in [-0.39, 0.29) is 23.6 Å². The third kappa shape index (κ3) is 3.56. The van der Waals surface area contributed by atoms with Crippen LogP contribution in [-0.4, -0.2) is 35.7 Å². The van der Waals surface area contributed by atoms with E-state index < -0.39 is 0 Å². The Balaban J connectivity index is 1.61. The number of rotatable bonds is 5. The van der Waals surface area contributed by atoms with Gasteiger partial charge in [0.2, 0.25) is 11.8 Å². The van der Waals surface area contributed by atoms with E-state index in [1.807, 2.05) is 0 Å². The van der Waals surface area contributed by atoms with Crippen LogP contribution in [0.2, 0.25) is 0 Å². The minimum atomic E-state index is -0.124. The standard InChI is InChI=1S/C18H23N3O3S/c1-10(22)21-7-6-14-13(9-21)15(17(24)19-8-11-2-3-11)18(25-14)20-16(23)12-4-5-12/h11-12H,2-9H2,1H3,(H,19,24)(H,20,23). The summed E-state index contributed by atoms with van der Waals surface area (Å²) in [6.07, 6.45) is 4.94. The van der Waals surface area contributed by atoms with Crippen LogP contribution in [0.15, 0.2) is 0 Å². The highest BCUT2D eigenvalue weighted by atomic mass is 32.1. The van der Waals surface area contributed by atoms with Gasteiger partial charge in [0.1, 0.15) is 5.00 Å². The van der Waals surface area contributed by atoms with Gasteiger partial charge in [-0.25, -0.2) is 0 Å². The van der Waals surface area contributed by atoms with Gasteiger partial charge in [0, 0.05) is 42.9 Å². The van der Waals surface area contributed by atoms with Crippen molar-refractivity contribution in [1.82, 2.24) is 10.2 Å². The molecule has 0 saturated heterocycles. The monoisotopic (exact) mass is 361 g/mol. The number of nitrogens with one attached hydrogen (secondary N) is 2. The van der Waals surface area contributed by atoms with Crippen molar-refractivity contribution in [2.45, 2.75) is 45.6 Å². The molecule has 0 bridgehead atoms. The average Bonchev–Trinajstić information content (AvgIpc) is 3.48. The van der Waals surface area contributed by atoms with Gasteiger partial charge >= 0.3 is 0 Å². The Labute approximate surface area is 151 Å². The molecule has 7 heteroatoms. The highest BCUT2D eigenvalue weighted by molar-refractivity contribution is 7.17. The van der Waals surface area contributed by atoms with E-state index in [1.54, 1.807) is 11.8 Å². The molecule has 6 nitrogen and oxygen atoms in total. The summed E-state index contributed by atoms with van der Waals surface area (Å²) in [5.74, 6) is 0.593. The van der Waals surface area contributed by atoms with Crippen LogP contribution in [0.3, 0.4) is 0 Å². The Morgan fingerprint density at radius 1 is 1.20 bits per heavy atom. The Hall–Kier alpha value is -1.89. The highest BCUT2D eigenvalue weighted by Gasteiger charge is 2.34. The van der Waals surface area contributed by atoms with Gasteiger partial charge < -0.3 is 15.5 Å². The maximum atomic E-state index is 12.8. The van der Waals surface area contributed by atoms with E-state index in [2.05, 4.69) is 10.6 Å². The van der Waals surface area contributed by atoms with Crippen molar-refractivity contribution in [2.75, 3.05) is 18.4 Å². The fourth-order valence-corrected chi connectivity index (χ4v) is 4.39. The number of fused-ring (bicyclic) bond motifs is 1. The minimum absolute atomic E-state index is 0.0123. The minimum Gasteiger partial charge on any atom is -0.352 e.